The van der Waals surface area contributed by atoms with Crippen LogP contribution in [0.5, 0.6) is 0 Å². The van der Waals surface area contributed by atoms with Gasteiger partial charge in [-0.15, -0.1) is 0 Å². The van der Waals surface area contributed by atoms with Crippen molar-refractivity contribution in [3.63, 3.8) is 0 Å². The molecule has 1 rings (SSSR count). The molecular formula is C18H32O4. The highest BCUT2D eigenvalue weighted by Crippen LogP contribution is 2.30. The second-order valence-electron chi connectivity index (χ2n) is 6.71. The smallest absolute Gasteiger partial charge is 0.308 e. The van der Waals surface area contributed by atoms with Crippen LogP contribution in [-0.2, 0) is 19.1 Å². The lowest BCUT2D eigenvalue weighted by molar-refractivity contribution is -0.155. The molecule has 0 aromatic heterocycles. The minimum Gasteiger partial charge on any atom is -0.466 e. The van der Waals surface area contributed by atoms with Gasteiger partial charge < -0.3 is 9.47 Å². The van der Waals surface area contributed by atoms with E-state index < -0.39 is 0 Å². The van der Waals surface area contributed by atoms with Crippen molar-refractivity contribution < 1.29 is 19.1 Å². The van der Waals surface area contributed by atoms with Crippen LogP contribution in [0.15, 0.2) is 0 Å². The molecule has 0 N–H and O–H groups in total. The van der Waals surface area contributed by atoms with E-state index in [2.05, 4.69) is 13.8 Å². The van der Waals surface area contributed by atoms with Gasteiger partial charge >= 0.3 is 11.9 Å². The maximum absolute atomic E-state index is 12.0. The highest BCUT2D eigenvalue weighted by molar-refractivity contribution is 5.75. The van der Waals surface area contributed by atoms with Gasteiger partial charge in [0.1, 0.15) is 0 Å². The average Bonchev–Trinajstić information content (AvgIpc) is 2.50. The molecule has 1 aliphatic carbocycles. The lowest BCUT2D eigenvalue weighted by Gasteiger charge is -2.25. The normalized spacial score (nSPS) is 21.6. The fourth-order valence-corrected chi connectivity index (χ4v) is 2.95. The molecule has 0 bridgehead atoms. The van der Waals surface area contributed by atoms with Crippen molar-refractivity contribution in [3.8, 4) is 0 Å². The number of unbranched alkanes of at least 4 members (excludes halogenated alkanes) is 2. The summed E-state index contributed by atoms with van der Waals surface area (Å²) in [6.45, 7) is 7.24. The van der Waals surface area contributed by atoms with E-state index in [-0.39, 0.29) is 23.8 Å². The van der Waals surface area contributed by atoms with Crippen molar-refractivity contribution in [2.24, 2.45) is 17.8 Å². The van der Waals surface area contributed by atoms with Gasteiger partial charge in [0.2, 0.25) is 0 Å². The number of esters is 2. The quantitative estimate of drug-likeness (QED) is 0.475. The zero-order valence-corrected chi connectivity index (χ0v) is 14.4. The molecule has 0 saturated heterocycles. The first-order valence-corrected chi connectivity index (χ1v) is 8.87. The van der Waals surface area contributed by atoms with Crippen LogP contribution in [0, 0.1) is 17.8 Å². The topological polar surface area (TPSA) is 52.6 Å². The Morgan fingerprint density at radius 1 is 0.909 bits per heavy atom. The van der Waals surface area contributed by atoms with Gasteiger partial charge in [-0.25, -0.2) is 0 Å². The predicted octanol–water partition coefficient (Wildman–Crippen LogP) is 4.12. The van der Waals surface area contributed by atoms with Gasteiger partial charge in [-0.2, -0.15) is 0 Å². The van der Waals surface area contributed by atoms with Crippen molar-refractivity contribution >= 4 is 11.9 Å². The molecule has 0 aromatic carbocycles. The van der Waals surface area contributed by atoms with Crippen LogP contribution < -0.4 is 0 Å². The summed E-state index contributed by atoms with van der Waals surface area (Å²) in [5, 5.41) is 0. The molecule has 128 valence electrons. The molecule has 0 radical (unpaired) electrons. The van der Waals surface area contributed by atoms with Crippen molar-refractivity contribution in [1.82, 2.24) is 0 Å². The van der Waals surface area contributed by atoms with Gasteiger partial charge in [0, 0.05) is 0 Å². The van der Waals surface area contributed by atoms with E-state index >= 15 is 0 Å². The third-order valence-corrected chi connectivity index (χ3v) is 4.35. The monoisotopic (exact) mass is 312 g/mol. The van der Waals surface area contributed by atoms with Crippen LogP contribution >= 0.6 is 0 Å². The number of ether oxygens (including phenoxy) is 2. The minimum absolute atomic E-state index is 0.0265. The zero-order valence-electron chi connectivity index (χ0n) is 14.4. The Kier molecular flexibility index (Phi) is 9.17. The molecule has 1 fully saturated rings. The fourth-order valence-electron chi connectivity index (χ4n) is 2.95. The first-order valence-electron chi connectivity index (χ1n) is 8.87. The Morgan fingerprint density at radius 3 is 1.95 bits per heavy atom. The number of rotatable bonds is 9. The second-order valence-corrected chi connectivity index (χ2v) is 6.71. The molecule has 0 unspecified atom stereocenters. The van der Waals surface area contributed by atoms with E-state index in [1.54, 1.807) is 0 Å². The summed E-state index contributed by atoms with van der Waals surface area (Å²) in [6.07, 6.45) is 7.51. The van der Waals surface area contributed by atoms with E-state index in [1.165, 1.54) is 12.8 Å². The summed E-state index contributed by atoms with van der Waals surface area (Å²) in [5.41, 5.74) is 0. The summed E-state index contributed by atoms with van der Waals surface area (Å²) in [6, 6.07) is 0. The molecular weight excluding hydrogens is 280 g/mol. The SMILES string of the molecule is CCOC(=O)C1CCC(C(=O)OCCCCCC(C)C)CC1. The standard InChI is InChI=1S/C18H32O4/c1-4-21-17(19)15-9-11-16(12-10-15)18(20)22-13-7-5-6-8-14(2)3/h14-16H,4-13H2,1-3H3. The molecule has 0 heterocycles. The molecule has 0 amide bonds. The fraction of sp³-hybridized carbons (Fsp3) is 0.889. The maximum atomic E-state index is 12.0. The first kappa shape index (κ1) is 19.0. The first-order chi connectivity index (χ1) is 10.5. The maximum Gasteiger partial charge on any atom is 0.308 e. The van der Waals surface area contributed by atoms with Gasteiger partial charge in [0.05, 0.1) is 25.0 Å². The van der Waals surface area contributed by atoms with Crippen molar-refractivity contribution in [2.75, 3.05) is 13.2 Å². The molecule has 4 heteroatoms. The Bertz CT molecular complexity index is 330. The van der Waals surface area contributed by atoms with E-state index in [0.29, 0.717) is 13.2 Å². The number of hydrogen-bond donors (Lipinski definition) is 0. The Labute approximate surface area is 134 Å². The summed E-state index contributed by atoms with van der Waals surface area (Å²) >= 11 is 0. The van der Waals surface area contributed by atoms with Crippen molar-refractivity contribution in [2.45, 2.75) is 72.1 Å². The van der Waals surface area contributed by atoms with Crippen LogP contribution in [0.25, 0.3) is 0 Å². The van der Waals surface area contributed by atoms with E-state index in [9.17, 15) is 9.59 Å². The summed E-state index contributed by atoms with van der Waals surface area (Å²) in [5.74, 6) is 0.504. The summed E-state index contributed by atoms with van der Waals surface area (Å²) in [7, 11) is 0. The highest BCUT2D eigenvalue weighted by Gasteiger charge is 2.31. The summed E-state index contributed by atoms with van der Waals surface area (Å²) in [4.78, 5) is 23.7. The van der Waals surface area contributed by atoms with Crippen molar-refractivity contribution in [3.05, 3.63) is 0 Å². The lowest BCUT2D eigenvalue weighted by atomic mass is 9.82. The van der Waals surface area contributed by atoms with Crippen LogP contribution in [0.4, 0.5) is 0 Å². The van der Waals surface area contributed by atoms with Gasteiger partial charge in [-0.3, -0.25) is 9.59 Å². The summed E-state index contributed by atoms with van der Waals surface area (Å²) < 4.78 is 10.4. The molecule has 0 aromatic rings. The molecule has 0 aliphatic heterocycles. The Morgan fingerprint density at radius 2 is 1.45 bits per heavy atom. The molecule has 1 aliphatic rings. The highest BCUT2D eigenvalue weighted by atomic mass is 16.5. The molecule has 22 heavy (non-hydrogen) atoms. The minimum atomic E-state index is -0.112. The van der Waals surface area contributed by atoms with Crippen molar-refractivity contribution in [1.29, 1.82) is 0 Å². The molecule has 0 spiro atoms. The van der Waals surface area contributed by atoms with Crippen LogP contribution in [0.3, 0.4) is 0 Å². The zero-order chi connectivity index (χ0) is 16.4. The third-order valence-electron chi connectivity index (χ3n) is 4.35. The molecule has 4 nitrogen and oxygen atoms in total. The molecule has 1 saturated carbocycles. The predicted molar refractivity (Wildman–Crippen MR) is 86.3 cm³/mol. The number of carbonyl (C=O) groups is 2. The van der Waals surface area contributed by atoms with E-state index in [0.717, 1.165) is 44.4 Å². The number of hydrogen-bond acceptors (Lipinski definition) is 4. The largest absolute Gasteiger partial charge is 0.466 e. The second kappa shape index (κ2) is 10.6. The average molecular weight is 312 g/mol. The Hall–Kier alpha value is -1.06. The van der Waals surface area contributed by atoms with Gasteiger partial charge in [-0.1, -0.05) is 33.1 Å². The van der Waals surface area contributed by atoms with Gasteiger partial charge in [0.25, 0.3) is 0 Å². The van der Waals surface area contributed by atoms with Gasteiger partial charge in [-0.05, 0) is 44.9 Å². The Balaban J connectivity index is 2.11. The van der Waals surface area contributed by atoms with E-state index in [1.807, 2.05) is 6.92 Å². The molecule has 0 atom stereocenters. The van der Waals surface area contributed by atoms with E-state index in [4.69, 9.17) is 9.47 Å². The third kappa shape index (κ3) is 7.28. The van der Waals surface area contributed by atoms with Crippen LogP contribution in [0.2, 0.25) is 0 Å². The van der Waals surface area contributed by atoms with Gasteiger partial charge in [0.15, 0.2) is 0 Å². The van der Waals surface area contributed by atoms with Crippen LogP contribution in [-0.4, -0.2) is 25.2 Å². The lowest BCUT2D eigenvalue weighted by Crippen LogP contribution is -2.28. The number of carbonyl (C=O) groups excluding carboxylic acids is 2. The van der Waals surface area contributed by atoms with Crippen LogP contribution in [0.1, 0.15) is 72.1 Å².